The zero-order valence-corrected chi connectivity index (χ0v) is 20.5. The molecule has 3 aromatic rings. The lowest BCUT2D eigenvalue weighted by Gasteiger charge is -2.35. The molecule has 0 saturated heterocycles. The summed E-state index contributed by atoms with van der Waals surface area (Å²) >= 11 is 3.29. The third-order valence-electron chi connectivity index (χ3n) is 5.25. The lowest BCUT2D eigenvalue weighted by Crippen LogP contribution is -2.33. The van der Waals surface area contributed by atoms with Gasteiger partial charge in [-0.15, -0.1) is 0 Å². The lowest BCUT2D eigenvalue weighted by molar-refractivity contribution is 0.355. The van der Waals surface area contributed by atoms with Gasteiger partial charge in [0.2, 0.25) is 15.7 Å². The minimum absolute atomic E-state index is 0.0177. The molecule has 0 radical (unpaired) electrons. The molecule has 1 N–H and O–H groups in total. The van der Waals surface area contributed by atoms with E-state index in [0.29, 0.717) is 21.5 Å². The molecule has 1 heterocycles. The first kappa shape index (κ1) is 23.8. The molecule has 1 unspecified atom stereocenters. The predicted octanol–water partition coefficient (Wildman–Crippen LogP) is 5.40. The molecule has 1 aliphatic rings. The van der Waals surface area contributed by atoms with Crippen LogP contribution in [0.2, 0.25) is 0 Å². The number of aliphatic hydroxyl groups excluding tert-OH is 1. The second-order valence-electron chi connectivity index (χ2n) is 7.23. The fourth-order valence-corrected chi connectivity index (χ4v) is 5.15. The van der Waals surface area contributed by atoms with Crippen molar-refractivity contribution in [1.29, 1.82) is 0 Å². The monoisotopic (exact) mass is 546 g/mol. The van der Waals surface area contributed by atoms with Gasteiger partial charge in [0.05, 0.1) is 19.1 Å². The fourth-order valence-electron chi connectivity index (χ4n) is 3.59. The molecule has 34 heavy (non-hydrogen) atoms. The topological polar surface area (TPSA) is 88.4 Å². The van der Waals surface area contributed by atoms with Crippen molar-refractivity contribution in [2.45, 2.75) is 11.1 Å². The summed E-state index contributed by atoms with van der Waals surface area (Å²) in [5, 5.41) is 11.4. The first-order chi connectivity index (χ1) is 16.3. The first-order valence-electron chi connectivity index (χ1n) is 10.0. The Morgan fingerprint density at radius 1 is 0.971 bits per heavy atom. The molecule has 10 heteroatoms. The molecular weight excluding hydrogens is 527 g/mol. The van der Waals surface area contributed by atoms with Crippen molar-refractivity contribution in [2.24, 2.45) is 4.99 Å². The highest BCUT2D eigenvalue weighted by atomic mass is 79.9. The molecule has 0 aromatic heterocycles. The Bertz CT molecular complexity index is 1350. The van der Waals surface area contributed by atoms with Crippen molar-refractivity contribution in [3.05, 3.63) is 93.4 Å². The minimum Gasteiger partial charge on any atom is -0.494 e. The van der Waals surface area contributed by atoms with Gasteiger partial charge in [-0.05, 0) is 54.1 Å². The van der Waals surface area contributed by atoms with Crippen LogP contribution in [0.25, 0.3) is 0 Å². The number of sulfone groups is 1. The van der Waals surface area contributed by atoms with E-state index in [1.807, 2.05) is 0 Å². The maximum absolute atomic E-state index is 13.6. The highest BCUT2D eigenvalue weighted by Crippen LogP contribution is 2.46. The summed E-state index contributed by atoms with van der Waals surface area (Å²) in [7, 11) is -1.26. The van der Waals surface area contributed by atoms with Crippen LogP contribution in [-0.4, -0.2) is 34.0 Å². The third-order valence-corrected chi connectivity index (χ3v) is 7.54. The molecule has 7 nitrogen and oxygen atoms in total. The van der Waals surface area contributed by atoms with Crippen LogP contribution in [0.15, 0.2) is 91.9 Å². The van der Waals surface area contributed by atoms with Crippen molar-refractivity contribution in [2.75, 3.05) is 19.1 Å². The molecule has 1 aliphatic heterocycles. The summed E-state index contributed by atoms with van der Waals surface area (Å²) < 4.78 is 52.1. The smallest absolute Gasteiger partial charge is 0.214 e. The van der Waals surface area contributed by atoms with Crippen LogP contribution < -0.4 is 14.4 Å². The van der Waals surface area contributed by atoms with Crippen LogP contribution in [0.3, 0.4) is 0 Å². The Morgan fingerprint density at radius 2 is 1.56 bits per heavy atom. The number of allylic oxidation sites excluding steroid dienone is 1. The normalized spacial score (nSPS) is 16.0. The number of anilines is 1. The van der Waals surface area contributed by atoms with Gasteiger partial charge in [0.1, 0.15) is 27.9 Å². The van der Waals surface area contributed by atoms with Gasteiger partial charge in [0.15, 0.2) is 6.17 Å². The largest absolute Gasteiger partial charge is 0.494 e. The number of halogens is 2. The van der Waals surface area contributed by atoms with Crippen molar-refractivity contribution in [1.82, 2.24) is 0 Å². The van der Waals surface area contributed by atoms with Gasteiger partial charge in [-0.1, -0.05) is 34.1 Å². The Morgan fingerprint density at radius 3 is 2.12 bits per heavy atom. The van der Waals surface area contributed by atoms with E-state index in [0.717, 1.165) is 6.21 Å². The SMILES string of the molecule is COc1cccc(OC)c1N1C(O)=C(S(=O)(=O)c2ccc(Br)cc2)C=NC1c1ccc(F)cc1. The molecule has 1 atom stereocenters. The van der Waals surface area contributed by atoms with Crippen molar-refractivity contribution in [3.63, 3.8) is 0 Å². The number of aliphatic imine (C=N–C) groups is 1. The predicted molar refractivity (Wildman–Crippen MR) is 131 cm³/mol. The van der Waals surface area contributed by atoms with Gasteiger partial charge in [0.25, 0.3) is 0 Å². The second kappa shape index (κ2) is 9.47. The number of benzene rings is 3. The van der Waals surface area contributed by atoms with E-state index >= 15 is 0 Å². The molecule has 176 valence electrons. The zero-order chi connectivity index (χ0) is 24.5. The molecule has 4 rings (SSSR count). The van der Waals surface area contributed by atoms with Gasteiger partial charge >= 0.3 is 0 Å². The number of para-hydroxylation sites is 1. The van der Waals surface area contributed by atoms with Crippen LogP contribution in [0.4, 0.5) is 10.1 Å². The highest BCUT2D eigenvalue weighted by molar-refractivity contribution is 9.10. The highest BCUT2D eigenvalue weighted by Gasteiger charge is 2.37. The molecule has 0 fully saturated rings. The average molecular weight is 547 g/mol. The Hall–Kier alpha value is -3.37. The number of methoxy groups -OCH3 is 2. The number of hydrogen-bond acceptors (Lipinski definition) is 7. The molecule has 3 aromatic carbocycles. The summed E-state index contributed by atoms with van der Waals surface area (Å²) in [6, 6.07) is 16.6. The van der Waals surface area contributed by atoms with Crippen LogP contribution in [0, 0.1) is 5.82 Å². The summed E-state index contributed by atoms with van der Waals surface area (Å²) in [5.74, 6) is -0.385. The zero-order valence-electron chi connectivity index (χ0n) is 18.1. The van der Waals surface area contributed by atoms with E-state index in [1.54, 1.807) is 30.3 Å². The summed E-state index contributed by atoms with van der Waals surface area (Å²) in [6.07, 6.45) is 0.189. The Balaban J connectivity index is 1.95. The van der Waals surface area contributed by atoms with Crippen molar-refractivity contribution < 1.29 is 27.4 Å². The lowest BCUT2D eigenvalue weighted by atomic mass is 10.1. The van der Waals surface area contributed by atoms with Crippen LogP contribution in [0.1, 0.15) is 11.7 Å². The number of nitrogens with zero attached hydrogens (tertiary/aromatic N) is 2. The summed E-state index contributed by atoms with van der Waals surface area (Å²) in [6.45, 7) is 0. The maximum Gasteiger partial charge on any atom is 0.214 e. The second-order valence-corrected chi connectivity index (χ2v) is 10.1. The maximum atomic E-state index is 13.6. The van der Waals surface area contributed by atoms with Gasteiger partial charge in [-0.25, -0.2) is 12.8 Å². The van der Waals surface area contributed by atoms with Crippen LogP contribution >= 0.6 is 15.9 Å². The molecular formula is C24H20BrFN2O5S. The summed E-state index contributed by atoms with van der Waals surface area (Å²) in [4.78, 5) is 5.32. The standard InChI is InChI=1S/C24H20BrFN2O5S/c1-32-19-4-3-5-20(33-2)22(19)28-23(15-6-10-17(26)11-7-15)27-14-21(24(28)29)34(30,31)18-12-8-16(25)9-13-18/h3-14,23,29H,1-2H3. The minimum atomic E-state index is -4.14. The first-order valence-corrected chi connectivity index (χ1v) is 12.3. The number of ether oxygens (including phenoxy) is 2. The van der Waals surface area contributed by atoms with Crippen LogP contribution in [-0.2, 0) is 9.84 Å². The van der Waals surface area contributed by atoms with E-state index in [9.17, 15) is 17.9 Å². The summed E-state index contributed by atoms with van der Waals surface area (Å²) in [5.41, 5.74) is 0.775. The molecule has 0 spiro atoms. The number of hydrogen-bond donors (Lipinski definition) is 1. The van der Waals surface area contributed by atoms with E-state index in [1.165, 1.54) is 55.5 Å². The molecule has 0 bridgehead atoms. The van der Waals surface area contributed by atoms with E-state index in [-0.39, 0.29) is 10.6 Å². The Labute approximate surface area is 204 Å². The van der Waals surface area contributed by atoms with E-state index in [4.69, 9.17) is 9.47 Å². The number of rotatable bonds is 6. The van der Waals surface area contributed by atoms with Crippen molar-refractivity contribution in [3.8, 4) is 11.5 Å². The molecule has 0 aliphatic carbocycles. The van der Waals surface area contributed by atoms with Gasteiger partial charge in [0, 0.05) is 10.7 Å². The average Bonchev–Trinajstić information content (AvgIpc) is 2.84. The van der Waals surface area contributed by atoms with E-state index in [2.05, 4.69) is 20.9 Å². The van der Waals surface area contributed by atoms with Gasteiger partial charge < -0.3 is 14.6 Å². The molecule has 0 saturated carbocycles. The van der Waals surface area contributed by atoms with Crippen LogP contribution in [0.5, 0.6) is 11.5 Å². The van der Waals surface area contributed by atoms with Gasteiger partial charge in [-0.2, -0.15) is 0 Å². The number of aliphatic hydroxyl groups is 1. The Kier molecular flexibility index (Phi) is 6.63. The third kappa shape index (κ3) is 4.26. The fraction of sp³-hybridized carbons (Fsp3) is 0.125. The van der Waals surface area contributed by atoms with Gasteiger partial charge in [-0.3, -0.25) is 9.89 Å². The van der Waals surface area contributed by atoms with Crippen molar-refractivity contribution >= 4 is 37.7 Å². The quantitative estimate of drug-likeness (QED) is 0.445. The van der Waals surface area contributed by atoms with E-state index < -0.39 is 32.6 Å². The molecule has 0 amide bonds.